The molecule has 0 radical (unpaired) electrons. The molecule has 0 spiro atoms. The average molecular weight is 419 g/mol. The molecule has 142 valence electrons. The van der Waals surface area contributed by atoms with E-state index in [1.807, 2.05) is 0 Å². The molecule has 2 amide bonds. The molecule has 1 atom stereocenters. The maximum Gasteiger partial charge on any atom is 0.249 e. The Balaban J connectivity index is 1.66. The Hall–Kier alpha value is -2.90. The molecular weight excluding hydrogens is 406 g/mol. The van der Waals surface area contributed by atoms with Gasteiger partial charge >= 0.3 is 0 Å². The fourth-order valence-corrected chi connectivity index (χ4v) is 3.31. The molecule has 6 nitrogen and oxygen atoms in total. The first-order valence-electron chi connectivity index (χ1n) is 8.32. The van der Waals surface area contributed by atoms with Crippen molar-refractivity contribution in [2.24, 2.45) is 0 Å². The zero-order valence-electron chi connectivity index (χ0n) is 14.2. The van der Waals surface area contributed by atoms with E-state index >= 15 is 0 Å². The van der Waals surface area contributed by atoms with Crippen LogP contribution in [0, 0.1) is 5.82 Å². The molecule has 28 heavy (non-hydrogen) atoms. The van der Waals surface area contributed by atoms with Crippen molar-refractivity contribution in [2.75, 3.05) is 10.6 Å². The Morgan fingerprint density at radius 1 is 1.21 bits per heavy atom. The van der Waals surface area contributed by atoms with Crippen molar-refractivity contribution in [1.29, 1.82) is 0 Å². The lowest BCUT2D eigenvalue weighted by Crippen LogP contribution is -2.35. The van der Waals surface area contributed by atoms with Gasteiger partial charge in [-0.2, -0.15) is 5.10 Å². The number of hydrogen-bond donors (Lipinski definition) is 2. The third kappa shape index (κ3) is 3.46. The topological polar surface area (TPSA) is 76.0 Å². The molecule has 2 heterocycles. The molecule has 2 N–H and O–H groups in total. The number of carbonyl (C=O) groups is 2. The number of halogens is 3. The number of nitrogens with zero attached hydrogens (tertiary/aromatic N) is 2. The van der Waals surface area contributed by atoms with Gasteiger partial charge in [0.1, 0.15) is 17.7 Å². The molecule has 1 aromatic heterocycles. The van der Waals surface area contributed by atoms with Crippen LogP contribution < -0.4 is 10.6 Å². The smallest absolute Gasteiger partial charge is 0.249 e. The fourth-order valence-electron chi connectivity index (χ4n) is 2.96. The van der Waals surface area contributed by atoms with Crippen LogP contribution in [0.15, 0.2) is 48.5 Å². The van der Waals surface area contributed by atoms with Gasteiger partial charge in [-0.1, -0.05) is 29.3 Å². The van der Waals surface area contributed by atoms with Crippen LogP contribution in [0.1, 0.15) is 12.5 Å². The Morgan fingerprint density at radius 3 is 2.71 bits per heavy atom. The van der Waals surface area contributed by atoms with E-state index in [9.17, 15) is 14.0 Å². The molecule has 0 aliphatic carbocycles. The number of carbonyl (C=O) groups excluding carboxylic acids is 2. The molecule has 3 aromatic rings. The van der Waals surface area contributed by atoms with E-state index in [1.165, 1.54) is 16.8 Å². The Morgan fingerprint density at radius 2 is 1.96 bits per heavy atom. The number of hydrogen-bond acceptors (Lipinski definition) is 3. The highest BCUT2D eigenvalue weighted by Crippen LogP contribution is 2.33. The molecule has 0 bridgehead atoms. The minimum absolute atomic E-state index is 0.0818. The predicted octanol–water partition coefficient (Wildman–Crippen LogP) is 4.52. The van der Waals surface area contributed by atoms with Crippen molar-refractivity contribution in [3.05, 3.63) is 64.4 Å². The molecule has 0 saturated carbocycles. The van der Waals surface area contributed by atoms with Gasteiger partial charge in [0.2, 0.25) is 11.8 Å². The molecule has 9 heteroatoms. The van der Waals surface area contributed by atoms with Crippen molar-refractivity contribution >= 4 is 46.5 Å². The lowest BCUT2D eigenvalue weighted by atomic mass is 10.1. The number of anilines is 2. The SMILES string of the molecule is O=C1CC(C(=O)Nc2cccc(Cl)c2Cl)n2nc(-c3ccc(F)cc3)cc2N1. The summed E-state index contributed by atoms with van der Waals surface area (Å²) in [6.45, 7) is 0. The standard InChI is InChI=1S/C19H13Cl2FN4O2/c20-12-2-1-3-13(18(12)21)23-19(28)15-9-17(27)24-16-8-14(25-26(15)16)10-4-6-11(22)7-5-10/h1-8,15H,9H2,(H,23,28)(H,24,27). The predicted molar refractivity (Wildman–Crippen MR) is 105 cm³/mol. The van der Waals surface area contributed by atoms with Gasteiger partial charge in [0.25, 0.3) is 0 Å². The number of fused-ring (bicyclic) bond motifs is 1. The summed E-state index contributed by atoms with van der Waals surface area (Å²) in [5.41, 5.74) is 1.52. The van der Waals surface area contributed by atoms with E-state index in [2.05, 4.69) is 15.7 Å². The third-order valence-electron chi connectivity index (χ3n) is 4.33. The van der Waals surface area contributed by atoms with Gasteiger partial charge in [0, 0.05) is 11.6 Å². The Kier molecular flexibility index (Phi) is 4.78. The van der Waals surface area contributed by atoms with Crippen molar-refractivity contribution in [3.63, 3.8) is 0 Å². The molecule has 1 aliphatic heterocycles. The summed E-state index contributed by atoms with van der Waals surface area (Å²) < 4.78 is 14.6. The second-order valence-electron chi connectivity index (χ2n) is 6.23. The number of aromatic nitrogens is 2. The average Bonchev–Trinajstić information content (AvgIpc) is 3.09. The highest BCUT2D eigenvalue weighted by atomic mass is 35.5. The van der Waals surface area contributed by atoms with E-state index in [-0.39, 0.29) is 23.2 Å². The minimum atomic E-state index is -0.868. The number of rotatable bonds is 3. The van der Waals surface area contributed by atoms with Crippen molar-refractivity contribution in [2.45, 2.75) is 12.5 Å². The summed E-state index contributed by atoms with van der Waals surface area (Å²) in [6, 6.07) is 11.4. The highest BCUT2D eigenvalue weighted by molar-refractivity contribution is 6.44. The van der Waals surface area contributed by atoms with Gasteiger partial charge in [-0.25, -0.2) is 9.07 Å². The quantitative estimate of drug-likeness (QED) is 0.656. The first-order valence-corrected chi connectivity index (χ1v) is 9.08. The number of benzene rings is 2. The van der Waals surface area contributed by atoms with Crippen LogP contribution in [0.2, 0.25) is 10.0 Å². The molecule has 2 aromatic carbocycles. The summed E-state index contributed by atoms with van der Waals surface area (Å²) in [5, 5.41) is 10.3. The van der Waals surface area contributed by atoms with Crippen LogP contribution in [0.3, 0.4) is 0 Å². The maximum absolute atomic E-state index is 13.2. The highest BCUT2D eigenvalue weighted by Gasteiger charge is 2.32. The van der Waals surface area contributed by atoms with Gasteiger partial charge in [-0.3, -0.25) is 9.59 Å². The summed E-state index contributed by atoms with van der Waals surface area (Å²) in [7, 11) is 0. The van der Waals surface area contributed by atoms with Gasteiger partial charge in [0.05, 0.1) is 27.8 Å². The van der Waals surface area contributed by atoms with E-state index in [1.54, 1.807) is 36.4 Å². The van der Waals surface area contributed by atoms with Crippen LogP contribution in [0.5, 0.6) is 0 Å². The van der Waals surface area contributed by atoms with Gasteiger partial charge in [0.15, 0.2) is 0 Å². The van der Waals surface area contributed by atoms with Crippen molar-refractivity contribution in [1.82, 2.24) is 9.78 Å². The lowest BCUT2D eigenvalue weighted by Gasteiger charge is -2.23. The normalized spacial score (nSPS) is 15.7. The fraction of sp³-hybridized carbons (Fsp3) is 0.105. The van der Waals surface area contributed by atoms with Crippen LogP contribution in [0.4, 0.5) is 15.9 Å². The molecule has 1 unspecified atom stereocenters. The van der Waals surface area contributed by atoms with Gasteiger partial charge in [-0.05, 0) is 36.4 Å². The molecule has 0 fully saturated rings. The summed E-state index contributed by atoms with van der Waals surface area (Å²) >= 11 is 12.1. The van der Waals surface area contributed by atoms with E-state index < -0.39 is 11.9 Å². The monoisotopic (exact) mass is 418 g/mol. The van der Waals surface area contributed by atoms with Crippen molar-refractivity contribution < 1.29 is 14.0 Å². The summed E-state index contributed by atoms with van der Waals surface area (Å²) in [4.78, 5) is 24.9. The van der Waals surface area contributed by atoms with Crippen molar-refractivity contribution in [3.8, 4) is 11.3 Å². The van der Waals surface area contributed by atoms with E-state index in [4.69, 9.17) is 23.2 Å². The summed E-state index contributed by atoms with van der Waals surface area (Å²) in [6.07, 6.45) is -0.0818. The zero-order valence-corrected chi connectivity index (χ0v) is 15.8. The third-order valence-corrected chi connectivity index (χ3v) is 5.15. The Labute approximate surface area is 169 Å². The Bertz CT molecular complexity index is 1080. The first kappa shape index (κ1) is 18.5. The maximum atomic E-state index is 13.2. The van der Waals surface area contributed by atoms with Gasteiger partial charge in [-0.15, -0.1) is 0 Å². The second-order valence-corrected chi connectivity index (χ2v) is 7.01. The van der Waals surface area contributed by atoms with Crippen LogP contribution >= 0.6 is 23.2 Å². The van der Waals surface area contributed by atoms with Crippen LogP contribution in [0.25, 0.3) is 11.3 Å². The number of nitrogens with one attached hydrogen (secondary N) is 2. The number of amides is 2. The summed E-state index contributed by atoms with van der Waals surface area (Å²) in [5.74, 6) is -0.742. The minimum Gasteiger partial charge on any atom is -0.323 e. The zero-order chi connectivity index (χ0) is 19.8. The van der Waals surface area contributed by atoms with Gasteiger partial charge < -0.3 is 10.6 Å². The lowest BCUT2D eigenvalue weighted by molar-refractivity contribution is -0.125. The molecule has 4 rings (SSSR count). The van der Waals surface area contributed by atoms with E-state index in [0.29, 0.717) is 27.8 Å². The van der Waals surface area contributed by atoms with Crippen LogP contribution in [-0.4, -0.2) is 21.6 Å². The first-order chi connectivity index (χ1) is 13.4. The molecule has 0 saturated heterocycles. The second kappa shape index (κ2) is 7.26. The molecular formula is C19H13Cl2FN4O2. The van der Waals surface area contributed by atoms with Crippen LogP contribution in [-0.2, 0) is 9.59 Å². The molecule has 1 aliphatic rings. The van der Waals surface area contributed by atoms with E-state index in [0.717, 1.165) is 0 Å². The largest absolute Gasteiger partial charge is 0.323 e.